The Labute approximate surface area is 132 Å². The van der Waals surface area contributed by atoms with Crippen LogP contribution >= 0.6 is 23.6 Å². The second-order valence-corrected chi connectivity index (χ2v) is 5.98. The zero-order valence-electron chi connectivity index (χ0n) is 11.7. The summed E-state index contributed by atoms with van der Waals surface area (Å²) in [6, 6.07) is 12.2. The molecule has 6 heteroatoms. The van der Waals surface area contributed by atoms with E-state index in [0.29, 0.717) is 4.77 Å². The van der Waals surface area contributed by atoms with Crippen molar-refractivity contribution in [1.82, 2.24) is 14.8 Å². The molecule has 1 N–H and O–H groups in total. The van der Waals surface area contributed by atoms with E-state index in [0.717, 1.165) is 22.0 Å². The Morgan fingerprint density at radius 1 is 1.29 bits per heavy atom. The van der Waals surface area contributed by atoms with Gasteiger partial charge in [-0.25, -0.2) is 0 Å². The van der Waals surface area contributed by atoms with Crippen molar-refractivity contribution < 1.29 is 4.74 Å². The van der Waals surface area contributed by atoms with Gasteiger partial charge in [0.25, 0.3) is 0 Å². The first kappa shape index (κ1) is 14.0. The molecule has 1 unspecified atom stereocenters. The van der Waals surface area contributed by atoms with Crippen molar-refractivity contribution >= 4 is 23.6 Å². The third-order valence-corrected chi connectivity index (χ3v) is 4.59. The Kier molecular flexibility index (Phi) is 3.90. The zero-order chi connectivity index (χ0) is 14.8. The van der Waals surface area contributed by atoms with Crippen molar-refractivity contribution in [3.05, 3.63) is 52.1 Å². The van der Waals surface area contributed by atoms with Crippen LogP contribution in [0.4, 0.5) is 0 Å². The van der Waals surface area contributed by atoms with Crippen molar-refractivity contribution in [2.45, 2.75) is 13.0 Å². The van der Waals surface area contributed by atoms with Gasteiger partial charge in [0.2, 0.25) is 0 Å². The van der Waals surface area contributed by atoms with Crippen molar-refractivity contribution in [2.24, 2.45) is 0 Å². The number of benzene rings is 1. The van der Waals surface area contributed by atoms with Gasteiger partial charge in [-0.15, -0.1) is 11.3 Å². The van der Waals surface area contributed by atoms with Gasteiger partial charge in [-0.3, -0.25) is 9.67 Å². The number of rotatable bonds is 4. The van der Waals surface area contributed by atoms with Crippen LogP contribution in [0.1, 0.15) is 18.5 Å². The second kappa shape index (κ2) is 5.83. The van der Waals surface area contributed by atoms with Crippen LogP contribution in [0.3, 0.4) is 0 Å². The number of nitrogens with one attached hydrogen (secondary N) is 1. The first-order chi connectivity index (χ1) is 10.2. The summed E-state index contributed by atoms with van der Waals surface area (Å²) in [6.45, 7) is 2.12. The SMILES string of the molecule is COc1ccc(C(C)n2c(-c3cccs3)n[nH]c2=S)cc1. The molecule has 0 aliphatic carbocycles. The highest BCUT2D eigenvalue weighted by atomic mass is 32.1. The minimum absolute atomic E-state index is 0.0965. The maximum Gasteiger partial charge on any atom is 0.196 e. The largest absolute Gasteiger partial charge is 0.497 e. The summed E-state index contributed by atoms with van der Waals surface area (Å²) in [6.07, 6.45) is 0. The lowest BCUT2D eigenvalue weighted by molar-refractivity contribution is 0.414. The highest BCUT2D eigenvalue weighted by molar-refractivity contribution is 7.71. The van der Waals surface area contributed by atoms with Gasteiger partial charge in [0.15, 0.2) is 10.6 Å². The number of hydrogen-bond acceptors (Lipinski definition) is 4. The topological polar surface area (TPSA) is 42.8 Å². The standard InChI is InChI=1S/C15H15N3OS2/c1-10(11-5-7-12(19-2)8-6-11)18-14(16-17-15(18)20)13-4-3-9-21-13/h3-10H,1-2H3,(H,17,20). The summed E-state index contributed by atoms with van der Waals surface area (Å²) in [5.74, 6) is 1.72. The third-order valence-electron chi connectivity index (χ3n) is 3.43. The van der Waals surface area contributed by atoms with Gasteiger partial charge < -0.3 is 4.74 Å². The Morgan fingerprint density at radius 3 is 2.67 bits per heavy atom. The van der Waals surface area contributed by atoms with Gasteiger partial charge in [-0.1, -0.05) is 18.2 Å². The van der Waals surface area contributed by atoms with Gasteiger partial charge in [0, 0.05) is 0 Å². The lowest BCUT2D eigenvalue weighted by Gasteiger charge is -2.16. The van der Waals surface area contributed by atoms with Crippen LogP contribution in [0.2, 0.25) is 0 Å². The van der Waals surface area contributed by atoms with Gasteiger partial charge in [0.1, 0.15) is 5.75 Å². The van der Waals surface area contributed by atoms with Gasteiger partial charge in [-0.2, -0.15) is 5.10 Å². The maximum atomic E-state index is 5.40. The Balaban J connectivity index is 2.03. The molecular weight excluding hydrogens is 302 g/mol. The number of methoxy groups -OCH3 is 1. The fourth-order valence-corrected chi connectivity index (χ4v) is 3.28. The summed E-state index contributed by atoms with van der Waals surface area (Å²) in [5, 5.41) is 9.30. The van der Waals surface area contributed by atoms with E-state index in [1.54, 1.807) is 18.4 Å². The molecule has 0 spiro atoms. The molecule has 0 amide bonds. The number of aromatic amines is 1. The van der Waals surface area contributed by atoms with Gasteiger partial charge in [-0.05, 0) is 48.3 Å². The molecule has 108 valence electrons. The molecule has 0 saturated carbocycles. The van der Waals surface area contributed by atoms with E-state index in [2.05, 4.69) is 29.3 Å². The fourth-order valence-electron chi connectivity index (χ4n) is 2.28. The Bertz CT molecular complexity index is 772. The quantitative estimate of drug-likeness (QED) is 0.730. The lowest BCUT2D eigenvalue weighted by atomic mass is 10.1. The van der Waals surface area contributed by atoms with Crippen molar-refractivity contribution in [3.8, 4) is 16.5 Å². The fraction of sp³-hybridized carbons (Fsp3) is 0.200. The monoisotopic (exact) mass is 317 g/mol. The molecule has 1 atom stereocenters. The molecule has 21 heavy (non-hydrogen) atoms. The Morgan fingerprint density at radius 2 is 2.05 bits per heavy atom. The van der Waals surface area contributed by atoms with E-state index < -0.39 is 0 Å². The van der Waals surface area contributed by atoms with E-state index in [1.807, 2.05) is 34.2 Å². The smallest absolute Gasteiger partial charge is 0.196 e. The second-order valence-electron chi connectivity index (χ2n) is 4.65. The van der Waals surface area contributed by atoms with E-state index in [4.69, 9.17) is 17.0 Å². The average molecular weight is 317 g/mol. The van der Waals surface area contributed by atoms with Crippen LogP contribution < -0.4 is 4.74 Å². The van der Waals surface area contributed by atoms with Crippen LogP contribution in [0.25, 0.3) is 10.7 Å². The number of aromatic nitrogens is 3. The molecule has 2 aromatic heterocycles. The molecule has 4 nitrogen and oxygen atoms in total. The summed E-state index contributed by atoms with van der Waals surface area (Å²) in [4.78, 5) is 1.10. The zero-order valence-corrected chi connectivity index (χ0v) is 13.4. The predicted octanol–water partition coefficient (Wildman–Crippen LogP) is 4.29. The molecule has 0 aliphatic heterocycles. The predicted molar refractivity (Wildman–Crippen MR) is 87.5 cm³/mol. The van der Waals surface area contributed by atoms with Crippen LogP contribution in [-0.4, -0.2) is 21.9 Å². The van der Waals surface area contributed by atoms with E-state index in [1.165, 1.54) is 0 Å². The van der Waals surface area contributed by atoms with Crippen molar-refractivity contribution in [1.29, 1.82) is 0 Å². The normalized spacial score (nSPS) is 12.3. The molecule has 0 radical (unpaired) electrons. The third kappa shape index (κ3) is 2.64. The van der Waals surface area contributed by atoms with Crippen LogP contribution in [0, 0.1) is 4.77 Å². The molecule has 0 fully saturated rings. The first-order valence-corrected chi connectivity index (χ1v) is 7.84. The molecule has 3 rings (SSSR count). The molecule has 2 heterocycles. The minimum atomic E-state index is 0.0965. The summed E-state index contributed by atoms with van der Waals surface area (Å²) in [5.41, 5.74) is 1.16. The van der Waals surface area contributed by atoms with Crippen LogP contribution in [0.15, 0.2) is 41.8 Å². The van der Waals surface area contributed by atoms with Crippen molar-refractivity contribution in [2.75, 3.05) is 7.11 Å². The summed E-state index contributed by atoms with van der Waals surface area (Å²) < 4.78 is 7.87. The molecule has 0 aliphatic rings. The maximum absolute atomic E-state index is 5.40. The molecular formula is C15H15N3OS2. The molecule has 0 bridgehead atoms. The number of nitrogens with zero attached hydrogens (tertiary/aromatic N) is 2. The van der Waals surface area contributed by atoms with Crippen molar-refractivity contribution in [3.63, 3.8) is 0 Å². The number of hydrogen-bond donors (Lipinski definition) is 1. The van der Waals surface area contributed by atoms with Gasteiger partial charge >= 0.3 is 0 Å². The van der Waals surface area contributed by atoms with Crippen LogP contribution in [-0.2, 0) is 0 Å². The highest BCUT2D eigenvalue weighted by Crippen LogP contribution is 2.29. The lowest BCUT2D eigenvalue weighted by Crippen LogP contribution is -2.08. The summed E-state index contributed by atoms with van der Waals surface area (Å²) in [7, 11) is 1.67. The molecule has 1 aromatic carbocycles. The molecule has 0 saturated heterocycles. The van der Waals surface area contributed by atoms with Crippen LogP contribution in [0.5, 0.6) is 5.75 Å². The van der Waals surface area contributed by atoms with E-state index >= 15 is 0 Å². The average Bonchev–Trinajstić information content (AvgIpc) is 3.16. The highest BCUT2D eigenvalue weighted by Gasteiger charge is 2.16. The minimum Gasteiger partial charge on any atom is -0.497 e. The van der Waals surface area contributed by atoms with Gasteiger partial charge in [0.05, 0.1) is 18.0 Å². The Hall–Kier alpha value is -1.92. The number of thiophene rings is 1. The van der Waals surface area contributed by atoms with E-state index in [-0.39, 0.29) is 6.04 Å². The number of H-pyrrole nitrogens is 1. The molecule has 3 aromatic rings. The first-order valence-electron chi connectivity index (χ1n) is 6.55. The number of ether oxygens (including phenoxy) is 1. The van der Waals surface area contributed by atoms with E-state index in [9.17, 15) is 0 Å². The summed E-state index contributed by atoms with van der Waals surface area (Å²) >= 11 is 7.05.